The Kier molecular flexibility index (Phi) is 6.70. The molecule has 2 heterocycles. The highest BCUT2D eigenvalue weighted by Crippen LogP contribution is 2.41. The van der Waals surface area contributed by atoms with E-state index in [4.69, 9.17) is 22.2 Å². The molecule has 4 aromatic rings. The van der Waals surface area contributed by atoms with Crippen LogP contribution in [0.25, 0.3) is 33.1 Å². The van der Waals surface area contributed by atoms with Gasteiger partial charge in [-0.25, -0.2) is 19.2 Å². The highest BCUT2D eigenvalue weighted by molar-refractivity contribution is 7.92. The van der Waals surface area contributed by atoms with Gasteiger partial charge >= 0.3 is 0 Å². The monoisotopic (exact) mass is 523 g/mol. The number of aromatic nitrogens is 2. The van der Waals surface area contributed by atoms with Crippen LogP contribution in [0.15, 0.2) is 70.9 Å². The summed E-state index contributed by atoms with van der Waals surface area (Å²) >= 11 is 6.29. The second kappa shape index (κ2) is 9.93. The van der Waals surface area contributed by atoms with Crippen LogP contribution >= 0.6 is 11.6 Å². The van der Waals surface area contributed by atoms with Gasteiger partial charge in [0.25, 0.3) is 0 Å². The van der Waals surface area contributed by atoms with Crippen LogP contribution in [0.1, 0.15) is 19.3 Å². The maximum atomic E-state index is 12.9. The Bertz CT molecular complexity index is 1580. The Hall–Kier alpha value is -3.40. The minimum Gasteiger partial charge on any atom is -0.491 e. The zero-order valence-corrected chi connectivity index (χ0v) is 21.1. The quantitative estimate of drug-likeness (QED) is 0.129. The second-order valence-corrected chi connectivity index (χ2v) is 11.4. The van der Waals surface area contributed by atoms with E-state index in [0.717, 1.165) is 40.3 Å². The Morgan fingerprint density at radius 1 is 1.28 bits per heavy atom. The highest BCUT2D eigenvalue weighted by Gasteiger charge is 2.37. The minimum atomic E-state index is -3.32. The van der Waals surface area contributed by atoms with Gasteiger partial charge in [-0.3, -0.25) is 4.99 Å². The topological polar surface area (TPSA) is 114 Å². The van der Waals surface area contributed by atoms with Crippen LogP contribution < -0.4 is 10.6 Å². The first-order valence-corrected chi connectivity index (χ1v) is 13.5. The largest absolute Gasteiger partial charge is 0.491 e. The van der Waals surface area contributed by atoms with Gasteiger partial charge in [-0.2, -0.15) is 0 Å². The van der Waals surface area contributed by atoms with Crippen LogP contribution in [-0.4, -0.2) is 48.5 Å². The van der Waals surface area contributed by atoms with Crippen molar-refractivity contribution in [3.05, 3.63) is 66.1 Å². The molecule has 2 aromatic heterocycles. The van der Waals surface area contributed by atoms with Gasteiger partial charge in [0.05, 0.1) is 27.3 Å². The fourth-order valence-corrected chi connectivity index (χ4v) is 6.10. The lowest BCUT2D eigenvalue weighted by atomic mass is 9.99. The van der Waals surface area contributed by atoms with E-state index in [9.17, 15) is 8.42 Å². The molecule has 0 amide bonds. The summed E-state index contributed by atoms with van der Waals surface area (Å²) in [6.07, 6.45) is 6.88. The smallest absolute Gasteiger partial charge is 0.181 e. The number of aromatic amines is 1. The van der Waals surface area contributed by atoms with Gasteiger partial charge in [-0.05, 0) is 61.0 Å². The summed E-state index contributed by atoms with van der Waals surface area (Å²) in [5, 5.41) is 3.47. The van der Waals surface area contributed by atoms with Crippen molar-refractivity contribution in [2.24, 2.45) is 10.8 Å². The fraction of sp³-hybridized carbons (Fsp3) is 0.231. The standard InChI is InChI=1S/C26H26ClN5O3S/c1-29-10-12-32(28)11-3-13-35-23-9-8-21(24-22-15-18(27)16-30-26(22)31-25(23)24)17-4-2-5-20(14-17)36(33,34)19-6-7-19/h2,4-5,8-10,12,14-16,19H,1,3,6-7,11,13,28H2,(H,30,31)/b12-10-. The van der Waals surface area contributed by atoms with E-state index in [1.54, 1.807) is 30.6 Å². The Morgan fingerprint density at radius 3 is 2.89 bits per heavy atom. The molecule has 5 rings (SSSR count). The predicted octanol–water partition coefficient (Wildman–Crippen LogP) is 5.09. The number of H-pyrrole nitrogens is 1. The SMILES string of the molecule is C=N/C=C\N(N)CCCOc1ccc(-c2cccc(S(=O)(=O)C3CC3)c2)c2c1[nH]c1ncc(Cl)cc12. The van der Waals surface area contributed by atoms with Crippen molar-refractivity contribution in [2.45, 2.75) is 29.4 Å². The molecule has 0 aliphatic heterocycles. The average molecular weight is 524 g/mol. The fourth-order valence-electron chi connectivity index (χ4n) is 4.24. The number of benzene rings is 2. The highest BCUT2D eigenvalue weighted by atomic mass is 35.5. The first-order valence-electron chi connectivity index (χ1n) is 11.6. The van der Waals surface area contributed by atoms with Crippen LogP contribution in [-0.2, 0) is 9.84 Å². The summed E-state index contributed by atoms with van der Waals surface area (Å²) in [7, 11) is -3.32. The van der Waals surface area contributed by atoms with Crippen molar-refractivity contribution >= 4 is 50.1 Å². The zero-order valence-electron chi connectivity index (χ0n) is 19.5. The summed E-state index contributed by atoms with van der Waals surface area (Å²) in [6.45, 7) is 4.41. The average Bonchev–Trinajstić information content (AvgIpc) is 3.67. The molecule has 0 radical (unpaired) electrons. The molecule has 3 N–H and O–H groups in total. The van der Waals surface area contributed by atoms with E-state index in [1.165, 1.54) is 11.2 Å². The summed E-state index contributed by atoms with van der Waals surface area (Å²) in [5.41, 5.74) is 3.11. The van der Waals surface area contributed by atoms with E-state index in [0.29, 0.717) is 40.9 Å². The van der Waals surface area contributed by atoms with Crippen LogP contribution in [0.2, 0.25) is 5.02 Å². The summed E-state index contributed by atoms with van der Waals surface area (Å²) in [4.78, 5) is 11.8. The first-order chi connectivity index (χ1) is 17.4. The van der Waals surface area contributed by atoms with Crippen molar-refractivity contribution in [3.8, 4) is 16.9 Å². The summed E-state index contributed by atoms with van der Waals surface area (Å²) in [5.74, 6) is 6.54. The molecule has 0 atom stereocenters. The Balaban J connectivity index is 1.53. The van der Waals surface area contributed by atoms with Gasteiger partial charge in [0.2, 0.25) is 0 Å². The minimum absolute atomic E-state index is 0.271. The molecule has 2 aromatic carbocycles. The van der Waals surface area contributed by atoms with E-state index in [2.05, 4.69) is 21.7 Å². The molecule has 1 fully saturated rings. The Morgan fingerprint density at radius 2 is 2.11 bits per heavy atom. The summed E-state index contributed by atoms with van der Waals surface area (Å²) in [6, 6.07) is 12.8. The van der Waals surface area contributed by atoms with E-state index < -0.39 is 9.84 Å². The second-order valence-electron chi connectivity index (χ2n) is 8.73. The van der Waals surface area contributed by atoms with Gasteiger partial charge in [0, 0.05) is 42.3 Å². The number of sulfone groups is 1. The number of nitrogens with two attached hydrogens (primary N) is 1. The number of aliphatic imine (C=N–C) groups is 1. The zero-order chi connectivity index (χ0) is 25.3. The molecular formula is C26H26ClN5O3S. The number of pyridine rings is 1. The number of nitrogens with one attached hydrogen (secondary N) is 1. The number of hydrogen-bond acceptors (Lipinski definition) is 7. The molecule has 186 valence electrons. The molecule has 1 aliphatic carbocycles. The maximum absolute atomic E-state index is 12.9. The third kappa shape index (κ3) is 4.82. The number of ether oxygens (including phenoxy) is 1. The van der Waals surface area contributed by atoms with E-state index >= 15 is 0 Å². The third-order valence-corrected chi connectivity index (χ3v) is 8.62. The molecule has 0 saturated heterocycles. The number of hydrogen-bond donors (Lipinski definition) is 2. The van der Waals surface area contributed by atoms with Crippen molar-refractivity contribution in [2.75, 3.05) is 13.2 Å². The number of rotatable bonds is 10. The number of hydrazine groups is 1. The van der Waals surface area contributed by atoms with Crippen molar-refractivity contribution in [1.82, 2.24) is 15.0 Å². The van der Waals surface area contributed by atoms with Gasteiger partial charge in [0.15, 0.2) is 9.84 Å². The molecule has 1 aliphatic rings. The van der Waals surface area contributed by atoms with Gasteiger partial charge in [0.1, 0.15) is 11.4 Å². The molecule has 0 unspecified atom stereocenters. The molecule has 8 nitrogen and oxygen atoms in total. The molecule has 0 spiro atoms. The number of fused-ring (bicyclic) bond motifs is 3. The normalized spacial score (nSPS) is 14.1. The third-order valence-electron chi connectivity index (χ3n) is 6.15. The molecule has 10 heteroatoms. The van der Waals surface area contributed by atoms with Gasteiger partial charge in [-0.1, -0.05) is 23.7 Å². The lowest BCUT2D eigenvalue weighted by Gasteiger charge is -2.14. The molecular weight excluding hydrogens is 498 g/mol. The van der Waals surface area contributed by atoms with Gasteiger partial charge < -0.3 is 14.7 Å². The van der Waals surface area contributed by atoms with Gasteiger partial charge in [-0.15, -0.1) is 0 Å². The first kappa shape index (κ1) is 24.3. The predicted molar refractivity (Wildman–Crippen MR) is 144 cm³/mol. The molecule has 1 saturated carbocycles. The van der Waals surface area contributed by atoms with E-state index in [-0.39, 0.29) is 5.25 Å². The van der Waals surface area contributed by atoms with E-state index in [1.807, 2.05) is 24.3 Å². The van der Waals surface area contributed by atoms with Crippen LogP contribution in [0, 0.1) is 0 Å². The Labute approximate surface area is 214 Å². The van der Waals surface area contributed by atoms with Crippen LogP contribution in [0.4, 0.5) is 0 Å². The van der Waals surface area contributed by atoms with Crippen LogP contribution in [0.5, 0.6) is 5.75 Å². The lowest BCUT2D eigenvalue weighted by Crippen LogP contribution is -2.27. The summed E-state index contributed by atoms with van der Waals surface area (Å²) < 4.78 is 31.9. The number of halogens is 1. The maximum Gasteiger partial charge on any atom is 0.181 e. The van der Waals surface area contributed by atoms with Crippen LogP contribution in [0.3, 0.4) is 0 Å². The molecule has 36 heavy (non-hydrogen) atoms. The lowest BCUT2D eigenvalue weighted by molar-refractivity contribution is 0.281. The van der Waals surface area contributed by atoms with Crippen molar-refractivity contribution in [3.63, 3.8) is 0 Å². The van der Waals surface area contributed by atoms with Crippen molar-refractivity contribution in [1.29, 1.82) is 0 Å². The number of nitrogens with zero attached hydrogens (tertiary/aromatic N) is 3. The van der Waals surface area contributed by atoms with Crippen molar-refractivity contribution < 1.29 is 13.2 Å². The molecule has 0 bridgehead atoms.